The lowest BCUT2D eigenvalue weighted by molar-refractivity contribution is -0.140. The van der Waals surface area contributed by atoms with E-state index in [4.69, 9.17) is 10.4 Å². The van der Waals surface area contributed by atoms with Gasteiger partial charge in [-0.25, -0.2) is 4.79 Å². The number of nitrogens with zero attached hydrogens (tertiary/aromatic N) is 1. The number of hydrogen-bond acceptors (Lipinski definition) is 4. The molecule has 0 fully saturated rings. The predicted molar refractivity (Wildman–Crippen MR) is 75.8 cm³/mol. The van der Waals surface area contributed by atoms with Crippen molar-refractivity contribution in [2.75, 3.05) is 11.5 Å². The van der Waals surface area contributed by atoms with Crippen molar-refractivity contribution in [3.63, 3.8) is 0 Å². The maximum atomic E-state index is 10.9. The van der Waals surface area contributed by atoms with Crippen molar-refractivity contribution in [1.82, 2.24) is 5.32 Å². The second-order valence-electron chi connectivity index (χ2n) is 5.12. The van der Waals surface area contributed by atoms with Gasteiger partial charge < -0.3 is 10.4 Å². The number of aliphatic carboxylic acids is 1. The van der Waals surface area contributed by atoms with Crippen LogP contribution in [0.25, 0.3) is 0 Å². The first-order chi connectivity index (χ1) is 8.78. The minimum atomic E-state index is -1.01. The molecule has 0 aliphatic rings. The Morgan fingerprint density at radius 1 is 1.42 bits per heavy atom. The molecule has 19 heavy (non-hydrogen) atoms. The summed E-state index contributed by atoms with van der Waals surface area (Å²) in [6, 6.07) is 1.43. The van der Waals surface area contributed by atoms with E-state index in [1.165, 1.54) is 18.7 Å². The first kappa shape index (κ1) is 17.8. The minimum Gasteiger partial charge on any atom is -0.480 e. The van der Waals surface area contributed by atoms with Crippen molar-refractivity contribution in [3.8, 4) is 6.07 Å². The molecule has 108 valence electrons. The van der Waals surface area contributed by atoms with E-state index in [0.717, 1.165) is 25.0 Å². The number of carboxylic acids is 1. The summed E-state index contributed by atoms with van der Waals surface area (Å²) in [7, 11) is 0. The molecule has 0 radical (unpaired) electrons. The molecule has 0 aliphatic heterocycles. The van der Waals surface area contributed by atoms with Crippen LogP contribution in [0.3, 0.4) is 0 Å². The Balaban J connectivity index is 3.76. The first-order valence-corrected chi connectivity index (χ1v) is 7.43. The number of amides is 1. The van der Waals surface area contributed by atoms with Gasteiger partial charge in [0.15, 0.2) is 0 Å². The van der Waals surface area contributed by atoms with Gasteiger partial charge >= 0.3 is 5.97 Å². The van der Waals surface area contributed by atoms with E-state index < -0.39 is 12.0 Å². The molecule has 0 bridgehead atoms. The molecular weight excluding hydrogens is 264 g/mol. The van der Waals surface area contributed by atoms with Crippen LogP contribution in [0.2, 0.25) is 0 Å². The monoisotopic (exact) mass is 286 g/mol. The van der Waals surface area contributed by atoms with Crippen molar-refractivity contribution >= 4 is 23.6 Å². The molecular formula is C13H22N2O3S. The lowest BCUT2D eigenvalue weighted by Gasteiger charge is -2.15. The number of hydrogen-bond donors (Lipinski definition) is 2. The molecule has 1 amide bonds. The van der Waals surface area contributed by atoms with Crippen molar-refractivity contribution < 1.29 is 14.7 Å². The number of nitrogens with one attached hydrogen (secondary N) is 1. The van der Waals surface area contributed by atoms with Crippen LogP contribution in [0.4, 0.5) is 0 Å². The molecule has 6 heteroatoms. The Labute approximate surface area is 118 Å². The second kappa shape index (κ2) is 8.81. The van der Waals surface area contributed by atoms with Gasteiger partial charge in [-0.2, -0.15) is 17.0 Å². The van der Waals surface area contributed by atoms with E-state index >= 15 is 0 Å². The number of thioether (sulfide) groups is 1. The molecule has 0 aromatic rings. The highest BCUT2D eigenvalue weighted by molar-refractivity contribution is 7.99. The molecule has 0 heterocycles. The van der Waals surface area contributed by atoms with Crippen LogP contribution in [0.1, 0.15) is 40.0 Å². The average Bonchev–Trinajstić information content (AvgIpc) is 2.31. The second-order valence-corrected chi connectivity index (χ2v) is 6.27. The maximum Gasteiger partial charge on any atom is 0.327 e. The summed E-state index contributed by atoms with van der Waals surface area (Å²) in [5.41, 5.74) is -0.287. The van der Waals surface area contributed by atoms with Gasteiger partial charge in [0, 0.05) is 12.7 Å². The Morgan fingerprint density at radius 2 is 2.05 bits per heavy atom. The van der Waals surface area contributed by atoms with Crippen molar-refractivity contribution in [2.45, 2.75) is 46.1 Å². The Kier molecular flexibility index (Phi) is 8.24. The van der Waals surface area contributed by atoms with Crippen LogP contribution in [0.5, 0.6) is 0 Å². The van der Waals surface area contributed by atoms with Gasteiger partial charge in [-0.1, -0.05) is 6.42 Å². The van der Waals surface area contributed by atoms with E-state index in [1.807, 2.05) is 13.8 Å². The van der Waals surface area contributed by atoms with E-state index in [-0.39, 0.29) is 11.3 Å². The molecule has 0 aromatic carbocycles. The molecule has 0 aliphatic carbocycles. The molecule has 1 atom stereocenters. The lowest BCUT2D eigenvalue weighted by Crippen LogP contribution is -2.41. The minimum absolute atomic E-state index is 0.287. The predicted octanol–water partition coefficient (Wildman–Crippen LogP) is 2.03. The van der Waals surface area contributed by atoms with Crippen molar-refractivity contribution in [2.24, 2.45) is 5.41 Å². The van der Waals surface area contributed by atoms with E-state index in [9.17, 15) is 9.59 Å². The Bertz CT molecular complexity index is 350. The summed E-state index contributed by atoms with van der Waals surface area (Å²) in [5, 5.41) is 20.2. The van der Waals surface area contributed by atoms with Crippen LogP contribution in [0, 0.1) is 16.7 Å². The molecule has 0 saturated heterocycles. The van der Waals surface area contributed by atoms with Gasteiger partial charge in [-0.3, -0.25) is 4.79 Å². The molecule has 0 aromatic heterocycles. The summed E-state index contributed by atoms with van der Waals surface area (Å²) in [5.74, 6) is -0.126. The molecule has 2 N–H and O–H groups in total. The van der Waals surface area contributed by atoms with E-state index in [0.29, 0.717) is 5.75 Å². The normalized spacial score (nSPS) is 12.5. The zero-order valence-electron chi connectivity index (χ0n) is 11.7. The third-order valence-electron chi connectivity index (χ3n) is 2.60. The van der Waals surface area contributed by atoms with Crippen LogP contribution in [-0.4, -0.2) is 34.5 Å². The summed E-state index contributed by atoms with van der Waals surface area (Å²) in [4.78, 5) is 21.7. The zero-order chi connectivity index (χ0) is 14.9. The highest BCUT2D eigenvalue weighted by atomic mass is 32.2. The standard InChI is InChI=1S/C13H22N2O3S/c1-10(16)15-11(12(17)18)8-19-7-5-4-6-13(2,3)9-14/h11H,4-8H2,1-3H3,(H,15,16)(H,17,18)/t11-/m0/s1. The maximum absolute atomic E-state index is 10.9. The summed E-state index contributed by atoms with van der Waals surface area (Å²) in [6.45, 7) is 5.14. The van der Waals surface area contributed by atoms with Gasteiger partial charge in [0.05, 0.1) is 11.5 Å². The smallest absolute Gasteiger partial charge is 0.327 e. The number of carbonyl (C=O) groups is 2. The summed E-state index contributed by atoms with van der Waals surface area (Å²) >= 11 is 1.51. The number of nitriles is 1. The number of carboxylic acid groups (broad SMARTS) is 1. The fourth-order valence-electron chi connectivity index (χ4n) is 1.45. The highest BCUT2D eigenvalue weighted by Gasteiger charge is 2.18. The van der Waals surface area contributed by atoms with E-state index in [2.05, 4.69) is 11.4 Å². The van der Waals surface area contributed by atoms with Gasteiger partial charge in [0.2, 0.25) is 5.91 Å². The Morgan fingerprint density at radius 3 is 2.53 bits per heavy atom. The van der Waals surface area contributed by atoms with E-state index in [1.54, 1.807) is 0 Å². The molecule has 0 rings (SSSR count). The fourth-order valence-corrected chi connectivity index (χ4v) is 2.48. The largest absolute Gasteiger partial charge is 0.480 e. The quantitative estimate of drug-likeness (QED) is 0.633. The van der Waals surface area contributed by atoms with Crippen molar-refractivity contribution in [3.05, 3.63) is 0 Å². The topological polar surface area (TPSA) is 90.2 Å². The van der Waals surface area contributed by atoms with Crippen LogP contribution >= 0.6 is 11.8 Å². The number of carbonyl (C=O) groups excluding carboxylic acids is 1. The van der Waals surface area contributed by atoms with Crippen LogP contribution in [-0.2, 0) is 9.59 Å². The average molecular weight is 286 g/mol. The van der Waals surface area contributed by atoms with Gasteiger partial charge in [0.1, 0.15) is 6.04 Å². The first-order valence-electron chi connectivity index (χ1n) is 6.27. The lowest BCUT2D eigenvalue weighted by atomic mass is 9.89. The third kappa shape index (κ3) is 9.37. The third-order valence-corrected chi connectivity index (χ3v) is 3.75. The molecule has 0 unspecified atom stereocenters. The Hall–Kier alpha value is -1.22. The van der Waals surface area contributed by atoms with Crippen molar-refractivity contribution in [1.29, 1.82) is 5.26 Å². The number of rotatable bonds is 9. The summed E-state index contributed by atoms with van der Waals surface area (Å²) in [6.07, 6.45) is 2.74. The van der Waals surface area contributed by atoms with Gasteiger partial charge in [-0.05, 0) is 32.4 Å². The number of unbranched alkanes of at least 4 members (excludes halogenated alkanes) is 1. The summed E-state index contributed by atoms with van der Waals surface area (Å²) < 4.78 is 0. The fraction of sp³-hybridized carbons (Fsp3) is 0.769. The molecule has 5 nitrogen and oxygen atoms in total. The highest BCUT2D eigenvalue weighted by Crippen LogP contribution is 2.22. The van der Waals surface area contributed by atoms with Gasteiger partial charge in [-0.15, -0.1) is 0 Å². The molecule has 0 saturated carbocycles. The van der Waals surface area contributed by atoms with Crippen LogP contribution in [0.15, 0.2) is 0 Å². The SMILES string of the molecule is CC(=O)N[C@@H](CSCCCCC(C)(C)C#N)C(=O)O. The van der Waals surface area contributed by atoms with Crippen LogP contribution < -0.4 is 5.32 Å². The van der Waals surface area contributed by atoms with Gasteiger partial charge in [0.25, 0.3) is 0 Å². The molecule has 0 spiro atoms. The zero-order valence-corrected chi connectivity index (χ0v) is 12.5.